The van der Waals surface area contributed by atoms with Crippen LogP contribution < -0.4 is 20.1 Å². The Kier molecular flexibility index (Phi) is 5.12. The number of nitrogens with zero attached hydrogens (tertiary/aromatic N) is 6. The molecule has 3 aromatic heterocycles. The van der Waals surface area contributed by atoms with E-state index < -0.39 is 10.0 Å². The molecule has 12 nitrogen and oxygen atoms in total. The molecular formula is C21H22N8O4S. The van der Waals surface area contributed by atoms with Crippen LogP contribution in [-0.2, 0) is 21.9 Å². The number of nitrogens with two attached hydrogens (primary N) is 1. The number of primary amides is 1. The first-order valence-corrected chi connectivity index (χ1v) is 11.8. The van der Waals surface area contributed by atoms with Gasteiger partial charge in [0.1, 0.15) is 16.3 Å². The molecule has 5 rings (SSSR count). The molecule has 176 valence electrons. The number of aryl methyl sites for hydroxylation is 1. The molecule has 0 unspecified atom stereocenters. The van der Waals surface area contributed by atoms with Crippen molar-refractivity contribution in [1.29, 1.82) is 0 Å². The molecule has 0 aliphatic carbocycles. The number of methoxy groups -OCH3 is 1. The summed E-state index contributed by atoms with van der Waals surface area (Å²) in [7, 11) is -0.810. The van der Waals surface area contributed by atoms with Crippen LogP contribution in [0.1, 0.15) is 0 Å². The Morgan fingerprint density at radius 3 is 2.74 bits per heavy atom. The number of carbonyl (C=O) groups excluding carboxylic acids is 1. The minimum atomic E-state index is -4.00. The molecule has 34 heavy (non-hydrogen) atoms. The molecule has 1 fully saturated rings. The Morgan fingerprint density at radius 1 is 1.21 bits per heavy atom. The number of amides is 1. The number of benzene rings is 1. The van der Waals surface area contributed by atoms with Crippen molar-refractivity contribution in [2.24, 2.45) is 18.7 Å². The first-order chi connectivity index (χ1) is 16.3. The summed E-state index contributed by atoms with van der Waals surface area (Å²) in [5, 5.41) is 9.15. The van der Waals surface area contributed by atoms with Gasteiger partial charge >= 0.3 is 0 Å². The topological polar surface area (TPSA) is 150 Å². The van der Waals surface area contributed by atoms with Crippen molar-refractivity contribution in [3.05, 3.63) is 49.1 Å². The van der Waals surface area contributed by atoms with Crippen LogP contribution in [0, 0.1) is 5.92 Å². The quantitative estimate of drug-likeness (QED) is 0.394. The summed E-state index contributed by atoms with van der Waals surface area (Å²) in [6, 6.07) is 7.07. The molecule has 1 aromatic carbocycles. The zero-order valence-electron chi connectivity index (χ0n) is 18.4. The van der Waals surface area contributed by atoms with Crippen molar-refractivity contribution in [2.75, 3.05) is 29.8 Å². The molecule has 0 saturated carbocycles. The zero-order valence-corrected chi connectivity index (χ0v) is 19.2. The van der Waals surface area contributed by atoms with Crippen LogP contribution in [0.25, 0.3) is 16.7 Å². The second-order valence-electron chi connectivity index (χ2n) is 7.95. The van der Waals surface area contributed by atoms with Crippen molar-refractivity contribution in [3.63, 3.8) is 0 Å². The molecular weight excluding hydrogens is 460 g/mol. The van der Waals surface area contributed by atoms with Gasteiger partial charge in [0.2, 0.25) is 5.91 Å². The number of hydrogen-bond acceptors (Lipinski definition) is 8. The number of pyridine rings is 1. The lowest BCUT2D eigenvalue weighted by molar-refractivity contribution is -0.122. The van der Waals surface area contributed by atoms with Crippen LogP contribution in [0.5, 0.6) is 5.75 Å². The summed E-state index contributed by atoms with van der Waals surface area (Å²) < 4.78 is 37.3. The van der Waals surface area contributed by atoms with Gasteiger partial charge in [0.25, 0.3) is 10.0 Å². The molecule has 13 heteroatoms. The molecule has 4 aromatic rings. The van der Waals surface area contributed by atoms with Crippen molar-refractivity contribution in [2.45, 2.75) is 4.90 Å². The average Bonchev–Trinajstić information content (AvgIpc) is 3.41. The van der Waals surface area contributed by atoms with Gasteiger partial charge in [0, 0.05) is 43.5 Å². The number of nitrogens with one attached hydrogen (secondary N) is 1. The van der Waals surface area contributed by atoms with E-state index in [0.717, 1.165) is 11.1 Å². The van der Waals surface area contributed by atoms with Crippen LogP contribution in [0.3, 0.4) is 0 Å². The van der Waals surface area contributed by atoms with Crippen molar-refractivity contribution in [3.8, 4) is 11.6 Å². The summed E-state index contributed by atoms with van der Waals surface area (Å²) in [4.78, 5) is 17.5. The third kappa shape index (κ3) is 3.69. The van der Waals surface area contributed by atoms with E-state index in [-0.39, 0.29) is 22.4 Å². The van der Waals surface area contributed by atoms with Crippen LogP contribution >= 0.6 is 0 Å². The summed E-state index contributed by atoms with van der Waals surface area (Å²) in [6.07, 6.45) is 5.88. The van der Waals surface area contributed by atoms with Crippen molar-refractivity contribution in [1.82, 2.24) is 24.5 Å². The molecule has 1 aliphatic heterocycles. The predicted octanol–water partition coefficient (Wildman–Crippen LogP) is 0.885. The Bertz CT molecular complexity index is 1500. The maximum Gasteiger partial charge on any atom is 0.265 e. The normalized spacial score (nSPS) is 14.2. The van der Waals surface area contributed by atoms with Gasteiger partial charge in [-0.05, 0) is 18.2 Å². The first kappa shape index (κ1) is 21.7. The summed E-state index contributed by atoms with van der Waals surface area (Å²) in [6.45, 7) is 1.06. The number of fused-ring (bicyclic) bond motifs is 1. The second-order valence-corrected chi connectivity index (χ2v) is 9.63. The average molecular weight is 483 g/mol. The lowest BCUT2D eigenvalue weighted by Crippen LogP contribution is -2.52. The van der Waals surface area contributed by atoms with Crippen molar-refractivity contribution < 1.29 is 17.9 Å². The van der Waals surface area contributed by atoms with Gasteiger partial charge in [0.15, 0.2) is 5.82 Å². The van der Waals surface area contributed by atoms with Gasteiger partial charge in [0.05, 0.1) is 37.1 Å². The molecule has 0 bridgehead atoms. The first-order valence-electron chi connectivity index (χ1n) is 10.3. The third-order valence-electron chi connectivity index (χ3n) is 5.80. The maximum atomic E-state index is 13.2. The number of ether oxygens (including phenoxy) is 1. The van der Waals surface area contributed by atoms with E-state index in [9.17, 15) is 13.2 Å². The second kappa shape index (κ2) is 8.02. The van der Waals surface area contributed by atoms with Crippen molar-refractivity contribution >= 4 is 38.2 Å². The Labute approximate surface area is 195 Å². The zero-order chi connectivity index (χ0) is 24.0. The highest BCUT2D eigenvalue weighted by atomic mass is 32.2. The summed E-state index contributed by atoms with van der Waals surface area (Å²) in [5.41, 5.74) is 7.06. The van der Waals surface area contributed by atoms with Gasteiger partial charge in [-0.3, -0.25) is 14.2 Å². The standard InChI is InChI=1S/C21H22N8O4S/c1-27-20-13(8-24-27)3-4-17(33-2)19(20)26-34(31,32)16-9-25-29(12-16)18-7-15(5-6-23-18)28-10-14(11-28)21(22)30/h3-9,12,14,26H,10-11H2,1-2H3,(H2,22,30). The van der Waals surface area contributed by atoms with Gasteiger partial charge < -0.3 is 15.4 Å². The predicted molar refractivity (Wildman–Crippen MR) is 124 cm³/mol. The number of aromatic nitrogens is 5. The van der Waals surface area contributed by atoms with Gasteiger partial charge in [-0.2, -0.15) is 10.2 Å². The van der Waals surface area contributed by atoms with E-state index in [2.05, 4.69) is 19.9 Å². The largest absolute Gasteiger partial charge is 0.494 e. The fourth-order valence-electron chi connectivity index (χ4n) is 3.88. The molecule has 0 radical (unpaired) electrons. The van der Waals surface area contributed by atoms with Gasteiger partial charge in [-0.25, -0.2) is 18.1 Å². The molecule has 4 heterocycles. The van der Waals surface area contributed by atoms with E-state index in [1.54, 1.807) is 42.3 Å². The molecule has 0 spiro atoms. The Hall–Kier alpha value is -4.13. The van der Waals surface area contributed by atoms with E-state index in [1.807, 2.05) is 11.0 Å². The molecule has 1 amide bonds. The van der Waals surface area contributed by atoms with Crippen LogP contribution in [-0.4, -0.2) is 59.1 Å². The highest BCUT2D eigenvalue weighted by molar-refractivity contribution is 7.92. The van der Waals surface area contributed by atoms with Gasteiger partial charge in [-0.1, -0.05) is 0 Å². The lowest BCUT2D eigenvalue weighted by Gasteiger charge is -2.39. The number of anilines is 2. The fourth-order valence-corrected chi connectivity index (χ4v) is 4.89. The fraction of sp³-hybridized carbons (Fsp3) is 0.238. The number of sulfonamides is 1. The van der Waals surface area contributed by atoms with E-state index in [1.165, 1.54) is 24.2 Å². The molecule has 3 N–H and O–H groups in total. The lowest BCUT2D eigenvalue weighted by atomic mass is 9.99. The minimum Gasteiger partial charge on any atom is -0.494 e. The SMILES string of the molecule is COc1ccc2cnn(C)c2c1NS(=O)(=O)c1cnn(-c2cc(N3CC(C(N)=O)C3)ccn2)c1. The molecule has 0 atom stereocenters. The van der Waals surface area contributed by atoms with Gasteiger partial charge in [-0.15, -0.1) is 0 Å². The smallest absolute Gasteiger partial charge is 0.265 e. The highest BCUT2D eigenvalue weighted by Crippen LogP contribution is 2.34. The van der Waals surface area contributed by atoms with E-state index >= 15 is 0 Å². The minimum absolute atomic E-state index is 0.0429. The third-order valence-corrected chi connectivity index (χ3v) is 7.11. The summed E-state index contributed by atoms with van der Waals surface area (Å²) >= 11 is 0. The van der Waals surface area contributed by atoms with Crippen LogP contribution in [0.4, 0.5) is 11.4 Å². The van der Waals surface area contributed by atoms with E-state index in [4.69, 9.17) is 10.5 Å². The van der Waals surface area contributed by atoms with E-state index in [0.29, 0.717) is 30.2 Å². The number of carbonyl (C=O) groups is 1. The van der Waals surface area contributed by atoms with Crippen LogP contribution in [0.2, 0.25) is 0 Å². The number of hydrogen-bond donors (Lipinski definition) is 2. The highest BCUT2D eigenvalue weighted by Gasteiger charge is 2.31. The Balaban J connectivity index is 1.42. The monoisotopic (exact) mass is 482 g/mol. The number of rotatable bonds is 7. The molecule has 1 saturated heterocycles. The Morgan fingerprint density at radius 2 is 2.00 bits per heavy atom. The summed E-state index contributed by atoms with van der Waals surface area (Å²) in [5.74, 6) is 0.307. The van der Waals surface area contributed by atoms with Crippen LogP contribution in [0.15, 0.2) is 53.9 Å². The maximum absolute atomic E-state index is 13.2. The molecule has 1 aliphatic rings.